The summed E-state index contributed by atoms with van der Waals surface area (Å²) in [5.74, 6) is 0.327. The predicted octanol–water partition coefficient (Wildman–Crippen LogP) is 2.57. The Balaban J connectivity index is 1.77. The van der Waals surface area contributed by atoms with Crippen molar-refractivity contribution in [1.82, 2.24) is 15.2 Å². The minimum atomic E-state index is -0.236. The lowest BCUT2D eigenvalue weighted by Gasteiger charge is -2.14. The highest BCUT2D eigenvalue weighted by atomic mass is 16.1. The molecular weight excluding hydrogens is 302 g/mol. The Bertz CT molecular complexity index is 874. The minimum absolute atomic E-state index is 0.236. The molecule has 0 saturated heterocycles. The predicted molar refractivity (Wildman–Crippen MR) is 96.0 cm³/mol. The van der Waals surface area contributed by atoms with E-state index in [1.54, 1.807) is 0 Å². The van der Waals surface area contributed by atoms with Gasteiger partial charge in [0, 0.05) is 31.9 Å². The van der Waals surface area contributed by atoms with Crippen molar-refractivity contribution >= 4 is 17.3 Å². The average Bonchev–Trinajstić information content (AvgIpc) is 2.58. The van der Waals surface area contributed by atoms with Gasteiger partial charge in [0.15, 0.2) is 0 Å². The van der Waals surface area contributed by atoms with Crippen LogP contribution in [0.5, 0.6) is 0 Å². The average molecular weight is 321 g/mol. The van der Waals surface area contributed by atoms with Crippen molar-refractivity contribution in [3.8, 4) is 0 Å². The van der Waals surface area contributed by atoms with Gasteiger partial charge in [-0.25, -0.2) is 0 Å². The third-order valence-corrected chi connectivity index (χ3v) is 3.60. The van der Waals surface area contributed by atoms with Crippen LogP contribution < -0.4 is 15.8 Å². The third kappa shape index (κ3) is 3.78. The molecule has 6 nitrogen and oxygen atoms in total. The molecule has 2 aromatic carbocycles. The fraction of sp³-hybridized carbons (Fsp3) is 0.167. The van der Waals surface area contributed by atoms with Crippen LogP contribution in [0.1, 0.15) is 11.3 Å². The molecule has 0 amide bonds. The molecule has 0 aliphatic rings. The van der Waals surface area contributed by atoms with Gasteiger partial charge in [-0.1, -0.05) is 36.4 Å². The molecule has 1 aromatic heterocycles. The number of nitrogens with zero attached hydrogens (tertiary/aromatic N) is 3. The summed E-state index contributed by atoms with van der Waals surface area (Å²) in [7, 11) is 3.94. The molecule has 0 unspecified atom stereocenters. The van der Waals surface area contributed by atoms with Gasteiger partial charge in [0.25, 0.3) is 5.56 Å². The van der Waals surface area contributed by atoms with Gasteiger partial charge in [-0.3, -0.25) is 9.78 Å². The second-order valence-electron chi connectivity index (χ2n) is 5.68. The van der Waals surface area contributed by atoms with Gasteiger partial charge in [0.2, 0.25) is 5.95 Å². The monoisotopic (exact) mass is 321 g/mol. The lowest BCUT2D eigenvalue weighted by atomic mass is 10.1. The number of rotatable bonds is 5. The Kier molecular flexibility index (Phi) is 4.56. The van der Waals surface area contributed by atoms with E-state index in [2.05, 4.69) is 20.5 Å². The van der Waals surface area contributed by atoms with E-state index in [-0.39, 0.29) is 5.56 Å². The highest BCUT2D eigenvalue weighted by molar-refractivity contribution is 5.61. The molecule has 3 rings (SSSR count). The molecule has 0 aliphatic heterocycles. The van der Waals surface area contributed by atoms with Gasteiger partial charge < -0.3 is 10.2 Å². The van der Waals surface area contributed by atoms with Crippen molar-refractivity contribution < 1.29 is 0 Å². The van der Waals surface area contributed by atoms with Gasteiger partial charge in [-0.15, -0.1) is 10.2 Å². The summed E-state index contributed by atoms with van der Waals surface area (Å²) in [4.78, 5) is 16.9. The summed E-state index contributed by atoms with van der Waals surface area (Å²) in [6, 6.07) is 17.5. The smallest absolute Gasteiger partial charge is 0.274 e. The molecule has 24 heavy (non-hydrogen) atoms. The van der Waals surface area contributed by atoms with Crippen LogP contribution in [0.3, 0.4) is 0 Å². The van der Waals surface area contributed by atoms with Gasteiger partial charge in [-0.05, 0) is 23.8 Å². The molecule has 0 aliphatic carbocycles. The highest BCUT2D eigenvalue weighted by Gasteiger charge is 2.06. The summed E-state index contributed by atoms with van der Waals surface area (Å²) in [6.07, 6.45) is 0.458. The van der Waals surface area contributed by atoms with Crippen molar-refractivity contribution in [2.45, 2.75) is 6.42 Å². The van der Waals surface area contributed by atoms with Gasteiger partial charge in [0.1, 0.15) is 5.69 Å². The van der Waals surface area contributed by atoms with Crippen LogP contribution in [-0.2, 0) is 6.42 Å². The van der Waals surface area contributed by atoms with E-state index < -0.39 is 0 Å². The number of aromatic nitrogens is 3. The number of nitrogens with one attached hydrogen (secondary N) is 2. The molecule has 122 valence electrons. The van der Waals surface area contributed by atoms with E-state index in [4.69, 9.17) is 0 Å². The van der Waals surface area contributed by atoms with Gasteiger partial charge in [0.05, 0.1) is 0 Å². The van der Waals surface area contributed by atoms with Crippen molar-refractivity contribution in [2.24, 2.45) is 0 Å². The lowest BCUT2D eigenvalue weighted by molar-refractivity contribution is 0.874. The molecule has 0 bridgehead atoms. The molecule has 1 heterocycles. The van der Waals surface area contributed by atoms with E-state index in [0.717, 1.165) is 16.9 Å². The Labute approximate surface area is 140 Å². The van der Waals surface area contributed by atoms with Crippen LogP contribution in [-0.4, -0.2) is 29.3 Å². The Morgan fingerprint density at radius 3 is 2.54 bits per heavy atom. The van der Waals surface area contributed by atoms with Crippen LogP contribution in [0.2, 0.25) is 0 Å². The van der Waals surface area contributed by atoms with Crippen LogP contribution in [0.4, 0.5) is 17.3 Å². The number of aromatic amines is 1. The minimum Gasteiger partial charge on any atom is -0.378 e. The van der Waals surface area contributed by atoms with Crippen molar-refractivity contribution in [1.29, 1.82) is 0 Å². The first-order valence-electron chi connectivity index (χ1n) is 7.66. The number of hydrogen-bond donors (Lipinski definition) is 2. The van der Waals surface area contributed by atoms with E-state index in [0.29, 0.717) is 18.1 Å². The third-order valence-electron chi connectivity index (χ3n) is 3.60. The summed E-state index contributed by atoms with van der Waals surface area (Å²) in [6.45, 7) is 0. The first kappa shape index (κ1) is 15.7. The lowest BCUT2D eigenvalue weighted by Crippen LogP contribution is -2.19. The number of benzene rings is 2. The normalized spacial score (nSPS) is 10.4. The molecule has 0 saturated carbocycles. The number of H-pyrrole nitrogens is 1. The molecule has 0 atom stereocenters. The van der Waals surface area contributed by atoms with Crippen LogP contribution in [0.15, 0.2) is 59.4 Å². The Morgan fingerprint density at radius 1 is 1.04 bits per heavy atom. The summed E-state index contributed by atoms with van der Waals surface area (Å²) in [5.41, 5.74) is 3.07. The van der Waals surface area contributed by atoms with Crippen LogP contribution >= 0.6 is 0 Å². The quantitative estimate of drug-likeness (QED) is 0.755. The first-order chi connectivity index (χ1) is 11.6. The number of anilines is 3. The molecule has 3 aromatic rings. The van der Waals surface area contributed by atoms with Gasteiger partial charge >= 0.3 is 0 Å². The Morgan fingerprint density at radius 2 is 1.83 bits per heavy atom. The van der Waals surface area contributed by atoms with E-state index in [9.17, 15) is 4.79 Å². The highest BCUT2D eigenvalue weighted by Crippen LogP contribution is 2.19. The molecule has 2 N–H and O–H groups in total. The van der Waals surface area contributed by atoms with Crippen molar-refractivity contribution in [2.75, 3.05) is 24.3 Å². The van der Waals surface area contributed by atoms with Crippen molar-refractivity contribution in [3.63, 3.8) is 0 Å². The van der Waals surface area contributed by atoms with E-state index >= 15 is 0 Å². The zero-order valence-corrected chi connectivity index (χ0v) is 13.7. The SMILES string of the molecule is CN(C)c1cccc(Nc2nnc(Cc3ccccc3)c(=O)[nH]2)c1. The summed E-state index contributed by atoms with van der Waals surface area (Å²) in [5, 5.41) is 11.2. The van der Waals surface area contributed by atoms with Crippen LogP contribution in [0.25, 0.3) is 0 Å². The molecule has 0 radical (unpaired) electrons. The standard InChI is InChI=1S/C18H19N5O/c1-23(2)15-10-6-9-14(12-15)19-18-20-17(24)16(21-22-18)11-13-7-4-3-5-8-13/h3-10,12H,11H2,1-2H3,(H2,19,20,22,24). The summed E-state index contributed by atoms with van der Waals surface area (Å²) >= 11 is 0. The Hall–Kier alpha value is -3.15. The zero-order chi connectivity index (χ0) is 16.9. The maximum Gasteiger partial charge on any atom is 0.274 e. The second-order valence-corrected chi connectivity index (χ2v) is 5.68. The fourth-order valence-corrected chi connectivity index (χ4v) is 2.32. The molecule has 6 heteroatoms. The topological polar surface area (TPSA) is 73.9 Å². The molecular formula is C18H19N5O. The van der Waals surface area contributed by atoms with E-state index in [1.165, 1.54) is 0 Å². The maximum atomic E-state index is 12.2. The van der Waals surface area contributed by atoms with Crippen LogP contribution in [0, 0.1) is 0 Å². The fourth-order valence-electron chi connectivity index (χ4n) is 2.32. The maximum absolute atomic E-state index is 12.2. The first-order valence-corrected chi connectivity index (χ1v) is 7.66. The molecule has 0 spiro atoms. The van der Waals surface area contributed by atoms with Crippen molar-refractivity contribution in [3.05, 3.63) is 76.2 Å². The van der Waals surface area contributed by atoms with E-state index in [1.807, 2.05) is 73.6 Å². The molecule has 0 fully saturated rings. The second kappa shape index (κ2) is 6.95. The number of hydrogen-bond acceptors (Lipinski definition) is 5. The van der Waals surface area contributed by atoms with Gasteiger partial charge in [-0.2, -0.15) is 0 Å². The zero-order valence-electron chi connectivity index (χ0n) is 13.7. The largest absolute Gasteiger partial charge is 0.378 e. The summed E-state index contributed by atoms with van der Waals surface area (Å²) < 4.78 is 0.